The van der Waals surface area contributed by atoms with Crippen molar-refractivity contribution < 1.29 is 4.39 Å². The Bertz CT molecular complexity index is 561. The molecule has 1 aromatic heterocycles. The summed E-state index contributed by atoms with van der Waals surface area (Å²) in [6.45, 7) is 2.80. The van der Waals surface area contributed by atoms with E-state index >= 15 is 0 Å². The van der Waals surface area contributed by atoms with Crippen LogP contribution in [0.25, 0.3) is 10.6 Å². The highest BCUT2D eigenvalue weighted by Crippen LogP contribution is 2.28. The third kappa shape index (κ3) is 2.60. The number of aryl methyl sites for hydroxylation is 1. The molecule has 2 aromatic rings. The zero-order valence-electron chi connectivity index (χ0n) is 10.2. The van der Waals surface area contributed by atoms with Gasteiger partial charge in [0.2, 0.25) is 0 Å². The molecule has 0 saturated heterocycles. The van der Waals surface area contributed by atoms with Gasteiger partial charge in [0.25, 0.3) is 0 Å². The van der Waals surface area contributed by atoms with Crippen molar-refractivity contribution >= 4 is 11.3 Å². The molecule has 0 spiro atoms. The van der Waals surface area contributed by atoms with Gasteiger partial charge in [-0.25, -0.2) is 9.37 Å². The Labute approximate surface area is 110 Å². The summed E-state index contributed by atoms with van der Waals surface area (Å²) in [6, 6.07) is 5.54. The van der Waals surface area contributed by atoms with Crippen molar-refractivity contribution in [3.05, 3.63) is 40.7 Å². The van der Waals surface area contributed by atoms with Crippen LogP contribution in [0, 0.1) is 12.7 Å². The van der Waals surface area contributed by atoms with Crippen LogP contribution < -0.4 is 5.32 Å². The minimum atomic E-state index is -0.205. The summed E-state index contributed by atoms with van der Waals surface area (Å²) in [7, 11) is 0. The molecule has 1 fully saturated rings. The summed E-state index contributed by atoms with van der Waals surface area (Å²) in [6.07, 6.45) is 2.56. The van der Waals surface area contributed by atoms with E-state index in [2.05, 4.69) is 15.7 Å². The van der Waals surface area contributed by atoms with E-state index in [1.165, 1.54) is 18.9 Å². The van der Waals surface area contributed by atoms with E-state index in [0.717, 1.165) is 28.4 Å². The average Bonchev–Trinajstić information content (AvgIpc) is 3.08. The molecule has 0 amide bonds. The van der Waals surface area contributed by atoms with Crippen LogP contribution in [0.15, 0.2) is 23.6 Å². The number of benzene rings is 1. The van der Waals surface area contributed by atoms with E-state index in [9.17, 15) is 4.39 Å². The van der Waals surface area contributed by atoms with Crippen LogP contribution in [0.4, 0.5) is 4.39 Å². The molecule has 1 N–H and O–H groups in total. The van der Waals surface area contributed by atoms with Gasteiger partial charge in [0.15, 0.2) is 0 Å². The van der Waals surface area contributed by atoms with Crippen molar-refractivity contribution in [2.24, 2.45) is 0 Å². The first-order valence-electron chi connectivity index (χ1n) is 6.17. The highest BCUT2D eigenvalue weighted by atomic mass is 32.1. The van der Waals surface area contributed by atoms with E-state index in [1.54, 1.807) is 23.5 Å². The smallest absolute Gasteiger partial charge is 0.124 e. The first-order chi connectivity index (χ1) is 8.72. The summed E-state index contributed by atoms with van der Waals surface area (Å²) < 4.78 is 13.3. The molecule has 1 heterocycles. The van der Waals surface area contributed by atoms with Gasteiger partial charge in [-0.05, 0) is 37.5 Å². The summed E-state index contributed by atoms with van der Waals surface area (Å²) in [5.74, 6) is -0.205. The lowest BCUT2D eigenvalue weighted by atomic mass is 10.1. The van der Waals surface area contributed by atoms with Crippen molar-refractivity contribution in [1.82, 2.24) is 10.3 Å². The maximum absolute atomic E-state index is 13.3. The maximum atomic E-state index is 13.3. The summed E-state index contributed by atoms with van der Waals surface area (Å²) >= 11 is 1.58. The molecular weight excluding hydrogens is 247 g/mol. The Morgan fingerprint density at radius 2 is 2.28 bits per heavy atom. The van der Waals surface area contributed by atoms with Crippen LogP contribution in [0.1, 0.15) is 24.1 Å². The molecule has 94 valence electrons. The molecule has 1 aromatic carbocycles. The van der Waals surface area contributed by atoms with E-state index in [-0.39, 0.29) is 5.82 Å². The van der Waals surface area contributed by atoms with Crippen LogP contribution in [-0.2, 0) is 6.54 Å². The molecular formula is C14H15FN2S. The average molecular weight is 262 g/mol. The third-order valence-corrected chi connectivity index (χ3v) is 4.06. The van der Waals surface area contributed by atoms with Gasteiger partial charge in [0.1, 0.15) is 10.8 Å². The second-order valence-electron chi connectivity index (χ2n) is 4.76. The lowest BCUT2D eigenvalue weighted by Crippen LogP contribution is -2.15. The second kappa shape index (κ2) is 4.78. The van der Waals surface area contributed by atoms with Gasteiger partial charge < -0.3 is 5.32 Å². The number of halogens is 1. The van der Waals surface area contributed by atoms with Crippen molar-refractivity contribution in [3.63, 3.8) is 0 Å². The monoisotopic (exact) mass is 262 g/mol. The van der Waals surface area contributed by atoms with Crippen molar-refractivity contribution in [2.45, 2.75) is 32.4 Å². The molecule has 0 unspecified atom stereocenters. The predicted molar refractivity (Wildman–Crippen MR) is 72.1 cm³/mol. The van der Waals surface area contributed by atoms with Crippen LogP contribution >= 0.6 is 11.3 Å². The molecule has 18 heavy (non-hydrogen) atoms. The molecule has 1 aliphatic carbocycles. The topological polar surface area (TPSA) is 24.9 Å². The number of rotatable bonds is 4. The maximum Gasteiger partial charge on any atom is 0.124 e. The van der Waals surface area contributed by atoms with Crippen molar-refractivity contribution in [2.75, 3.05) is 0 Å². The number of hydrogen-bond donors (Lipinski definition) is 1. The quantitative estimate of drug-likeness (QED) is 0.912. The van der Waals surface area contributed by atoms with Gasteiger partial charge in [-0.1, -0.05) is 6.07 Å². The first kappa shape index (κ1) is 11.8. The highest BCUT2D eigenvalue weighted by Gasteiger charge is 2.20. The van der Waals surface area contributed by atoms with E-state index < -0.39 is 0 Å². The van der Waals surface area contributed by atoms with E-state index in [4.69, 9.17) is 0 Å². The Morgan fingerprint density at radius 1 is 1.44 bits per heavy atom. The molecule has 1 aliphatic rings. The fourth-order valence-electron chi connectivity index (χ4n) is 1.87. The molecule has 3 rings (SSSR count). The molecule has 2 nitrogen and oxygen atoms in total. The zero-order valence-corrected chi connectivity index (χ0v) is 11.1. The molecule has 1 saturated carbocycles. The predicted octanol–water partition coefficient (Wildman–Crippen LogP) is 3.51. The summed E-state index contributed by atoms with van der Waals surface area (Å²) in [5, 5.41) is 6.39. The lowest BCUT2D eigenvalue weighted by molar-refractivity contribution is 0.628. The zero-order chi connectivity index (χ0) is 12.5. The van der Waals surface area contributed by atoms with E-state index in [0.29, 0.717) is 6.04 Å². The van der Waals surface area contributed by atoms with Crippen LogP contribution in [0.2, 0.25) is 0 Å². The van der Waals surface area contributed by atoms with Gasteiger partial charge in [-0.2, -0.15) is 0 Å². The van der Waals surface area contributed by atoms with Gasteiger partial charge in [-0.3, -0.25) is 0 Å². The van der Waals surface area contributed by atoms with Crippen molar-refractivity contribution in [3.8, 4) is 10.6 Å². The second-order valence-corrected chi connectivity index (χ2v) is 5.62. The molecule has 4 heteroatoms. The number of nitrogens with zero attached hydrogens (tertiary/aromatic N) is 1. The molecule has 0 bridgehead atoms. The van der Waals surface area contributed by atoms with Gasteiger partial charge in [0, 0.05) is 23.5 Å². The Morgan fingerprint density at radius 3 is 3.06 bits per heavy atom. The SMILES string of the molecule is Cc1ccc(F)cc1-c1nc(CNC2CC2)cs1. The highest BCUT2D eigenvalue weighted by molar-refractivity contribution is 7.13. The van der Waals surface area contributed by atoms with Crippen molar-refractivity contribution in [1.29, 1.82) is 0 Å². The Balaban J connectivity index is 1.80. The number of thiazole rings is 1. The molecule has 0 radical (unpaired) electrons. The standard InChI is InChI=1S/C14H15FN2S/c1-9-2-3-10(15)6-13(9)14-17-12(8-18-14)7-16-11-4-5-11/h2-3,6,8,11,16H,4-5,7H2,1H3. The number of hydrogen-bond acceptors (Lipinski definition) is 3. The summed E-state index contributed by atoms with van der Waals surface area (Å²) in [4.78, 5) is 4.57. The van der Waals surface area contributed by atoms with Gasteiger partial charge >= 0.3 is 0 Å². The minimum absolute atomic E-state index is 0.205. The number of nitrogens with one attached hydrogen (secondary N) is 1. The Kier molecular flexibility index (Phi) is 3.14. The van der Waals surface area contributed by atoms with Crippen LogP contribution in [-0.4, -0.2) is 11.0 Å². The third-order valence-electron chi connectivity index (χ3n) is 3.13. The fourth-order valence-corrected chi connectivity index (χ4v) is 2.77. The van der Waals surface area contributed by atoms with Crippen LogP contribution in [0.5, 0.6) is 0 Å². The first-order valence-corrected chi connectivity index (χ1v) is 7.04. The van der Waals surface area contributed by atoms with Gasteiger partial charge in [0.05, 0.1) is 5.69 Å². The fraction of sp³-hybridized carbons (Fsp3) is 0.357. The van der Waals surface area contributed by atoms with E-state index in [1.807, 2.05) is 6.92 Å². The normalized spacial score (nSPS) is 15.0. The Hall–Kier alpha value is -1.26. The molecule has 0 atom stereocenters. The lowest BCUT2D eigenvalue weighted by Gasteiger charge is -2.02. The largest absolute Gasteiger partial charge is 0.308 e. The number of aromatic nitrogens is 1. The van der Waals surface area contributed by atoms with Crippen LogP contribution in [0.3, 0.4) is 0 Å². The summed E-state index contributed by atoms with van der Waals surface area (Å²) in [5.41, 5.74) is 3.01. The molecule has 0 aliphatic heterocycles. The van der Waals surface area contributed by atoms with Gasteiger partial charge in [-0.15, -0.1) is 11.3 Å². The minimum Gasteiger partial charge on any atom is -0.308 e.